The van der Waals surface area contributed by atoms with Gasteiger partial charge in [0.05, 0.1) is 19.3 Å². The molecule has 0 aliphatic carbocycles. The second-order valence-electron chi connectivity index (χ2n) is 8.45. The molecule has 3 N–H and O–H groups in total. The molecule has 1 unspecified atom stereocenters. The number of benzene rings is 2. The summed E-state index contributed by atoms with van der Waals surface area (Å²) in [6.45, 7) is 8.83. The summed E-state index contributed by atoms with van der Waals surface area (Å²) in [5.74, 6) is 0.295. The Bertz CT molecular complexity index is 1070. The van der Waals surface area contributed by atoms with Crippen molar-refractivity contribution < 1.29 is 23.6 Å². The van der Waals surface area contributed by atoms with Crippen LogP contribution in [0.4, 0.5) is 5.69 Å². The first kappa shape index (κ1) is 21.6. The largest absolute Gasteiger partial charge is 0.495 e. The average molecular weight is 413 g/mol. The van der Waals surface area contributed by atoms with E-state index in [1.165, 1.54) is 0 Å². The standard InChI is InChI=1S/C23H29N3O4/c1-6-26(14-22(28)25-23(2,3)4)13-21(27)24-17-12-19-16(11-20(17)29-5)15-9-7-8-10-18(15)30-19/h7-12H,6,13-14H2,1-5H3,(H,24,27)(H,25,28)/p+1. The van der Waals surface area contributed by atoms with Gasteiger partial charge in [-0.25, -0.2) is 0 Å². The first-order valence-electron chi connectivity index (χ1n) is 10.1. The van der Waals surface area contributed by atoms with E-state index in [1.54, 1.807) is 13.2 Å². The van der Waals surface area contributed by atoms with Crippen LogP contribution in [0, 0.1) is 0 Å². The molecule has 0 spiro atoms. The third kappa shape index (κ3) is 5.10. The van der Waals surface area contributed by atoms with Gasteiger partial charge in [-0.2, -0.15) is 0 Å². The van der Waals surface area contributed by atoms with E-state index in [0.29, 0.717) is 23.6 Å². The van der Waals surface area contributed by atoms with Gasteiger partial charge in [-0.3, -0.25) is 9.59 Å². The minimum atomic E-state index is -0.298. The molecular weight excluding hydrogens is 382 g/mol. The zero-order valence-corrected chi connectivity index (χ0v) is 18.2. The van der Waals surface area contributed by atoms with Crippen LogP contribution in [0.3, 0.4) is 0 Å². The van der Waals surface area contributed by atoms with Gasteiger partial charge in [0.1, 0.15) is 16.9 Å². The first-order chi connectivity index (χ1) is 14.2. The maximum Gasteiger partial charge on any atom is 0.279 e. The van der Waals surface area contributed by atoms with E-state index in [2.05, 4.69) is 10.6 Å². The van der Waals surface area contributed by atoms with Crippen LogP contribution in [0.15, 0.2) is 40.8 Å². The predicted octanol–water partition coefficient (Wildman–Crippen LogP) is 2.35. The number of para-hydroxylation sites is 1. The number of rotatable bonds is 7. The highest BCUT2D eigenvalue weighted by molar-refractivity contribution is 6.07. The van der Waals surface area contributed by atoms with E-state index in [0.717, 1.165) is 21.3 Å². The Hall–Kier alpha value is -3.06. The fourth-order valence-electron chi connectivity index (χ4n) is 3.44. The molecule has 0 saturated carbocycles. The van der Waals surface area contributed by atoms with Crippen LogP contribution < -0.4 is 20.3 Å². The first-order valence-corrected chi connectivity index (χ1v) is 10.1. The van der Waals surface area contributed by atoms with Crippen molar-refractivity contribution in [2.45, 2.75) is 33.2 Å². The van der Waals surface area contributed by atoms with E-state index in [4.69, 9.17) is 9.15 Å². The number of carbonyl (C=O) groups is 2. The van der Waals surface area contributed by atoms with Crippen molar-refractivity contribution in [3.8, 4) is 5.75 Å². The summed E-state index contributed by atoms with van der Waals surface area (Å²) in [6.07, 6.45) is 0. The van der Waals surface area contributed by atoms with Crippen molar-refractivity contribution >= 4 is 39.4 Å². The molecular formula is C23H30N3O4+. The van der Waals surface area contributed by atoms with Gasteiger partial charge in [0, 0.05) is 22.4 Å². The van der Waals surface area contributed by atoms with E-state index in [1.807, 2.05) is 58.0 Å². The Morgan fingerprint density at radius 2 is 1.73 bits per heavy atom. The molecule has 0 radical (unpaired) electrons. The second-order valence-corrected chi connectivity index (χ2v) is 8.45. The number of methoxy groups -OCH3 is 1. The molecule has 0 aliphatic heterocycles. The Morgan fingerprint density at radius 3 is 2.40 bits per heavy atom. The molecule has 1 atom stereocenters. The topological polar surface area (TPSA) is 85.0 Å². The molecule has 7 heteroatoms. The Labute approximate surface area is 176 Å². The van der Waals surface area contributed by atoms with Crippen LogP contribution in [0.25, 0.3) is 21.9 Å². The summed E-state index contributed by atoms with van der Waals surface area (Å²) in [4.78, 5) is 25.8. The number of nitrogens with one attached hydrogen (secondary N) is 3. The fraction of sp³-hybridized carbons (Fsp3) is 0.391. The summed E-state index contributed by atoms with van der Waals surface area (Å²) in [5, 5.41) is 7.77. The molecule has 160 valence electrons. The second kappa shape index (κ2) is 8.75. The van der Waals surface area contributed by atoms with Gasteiger partial charge in [0.2, 0.25) is 0 Å². The molecule has 7 nitrogen and oxygen atoms in total. The number of likely N-dealkylation sites (N-methyl/N-ethyl adjacent to an activating group) is 1. The highest BCUT2D eigenvalue weighted by Crippen LogP contribution is 2.36. The molecule has 2 aromatic carbocycles. The summed E-state index contributed by atoms with van der Waals surface area (Å²) in [6, 6.07) is 11.4. The fourth-order valence-corrected chi connectivity index (χ4v) is 3.44. The summed E-state index contributed by atoms with van der Waals surface area (Å²) in [7, 11) is 1.57. The quantitative estimate of drug-likeness (QED) is 0.556. The molecule has 0 fully saturated rings. The lowest BCUT2D eigenvalue weighted by atomic mass is 10.1. The van der Waals surface area contributed by atoms with E-state index in [9.17, 15) is 9.59 Å². The van der Waals surface area contributed by atoms with Crippen molar-refractivity contribution in [3.63, 3.8) is 0 Å². The SMILES string of the molecule is CC[NH+](CC(=O)Nc1cc2oc3ccccc3c2cc1OC)CC(=O)NC(C)(C)C. The van der Waals surface area contributed by atoms with Crippen molar-refractivity contribution in [2.24, 2.45) is 0 Å². The van der Waals surface area contributed by atoms with Crippen LogP contribution in [0.2, 0.25) is 0 Å². The van der Waals surface area contributed by atoms with Gasteiger partial charge in [-0.15, -0.1) is 0 Å². The highest BCUT2D eigenvalue weighted by atomic mass is 16.5. The van der Waals surface area contributed by atoms with Crippen LogP contribution in [-0.2, 0) is 9.59 Å². The number of carbonyl (C=O) groups excluding carboxylic acids is 2. The predicted molar refractivity (Wildman–Crippen MR) is 118 cm³/mol. The monoisotopic (exact) mass is 412 g/mol. The summed E-state index contributed by atoms with van der Waals surface area (Å²) in [5.41, 5.74) is 1.71. The van der Waals surface area contributed by atoms with E-state index in [-0.39, 0.29) is 30.4 Å². The number of quaternary nitrogens is 1. The van der Waals surface area contributed by atoms with Crippen molar-refractivity contribution in [2.75, 3.05) is 32.1 Å². The van der Waals surface area contributed by atoms with Gasteiger partial charge in [0.15, 0.2) is 13.1 Å². The molecule has 1 aromatic heterocycles. The highest BCUT2D eigenvalue weighted by Gasteiger charge is 2.21. The van der Waals surface area contributed by atoms with Gasteiger partial charge in [0.25, 0.3) is 11.8 Å². The van der Waals surface area contributed by atoms with E-state index >= 15 is 0 Å². The van der Waals surface area contributed by atoms with Crippen LogP contribution in [-0.4, -0.2) is 44.1 Å². The molecule has 0 aliphatic rings. The van der Waals surface area contributed by atoms with Crippen molar-refractivity contribution in [1.29, 1.82) is 0 Å². The number of anilines is 1. The third-order valence-corrected chi connectivity index (χ3v) is 4.81. The number of ether oxygens (including phenoxy) is 1. The maximum atomic E-state index is 12.7. The molecule has 30 heavy (non-hydrogen) atoms. The van der Waals surface area contributed by atoms with Gasteiger partial charge >= 0.3 is 0 Å². The third-order valence-electron chi connectivity index (χ3n) is 4.81. The molecule has 3 rings (SSSR count). The summed E-state index contributed by atoms with van der Waals surface area (Å²) < 4.78 is 11.4. The molecule has 0 bridgehead atoms. The number of furan rings is 1. The lowest BCUT2D eigenvalue weighted by Crippen LogP contribution is -3.14. The van der Waals surface area contributed by atoms with Gasteiger partial charge in [-0.1, -0.05) is 18.2 Å². The number of hydrogen-bond donors (Lipinski definition) is 3. The number of fused-ring (bicyclic) bond motifs is 3. The number of amides is 2. The lowest BCUT2D eigenvalue weighted by molar-refractivity contribution is -0.881. The molecule has 0 saturated heterocycles. The Balaban J connectivity index is 1.75. The van der Waals surface area contributed by atoms with E-state index < -0.39 is 0 Å². The normalized spacial score (nSPS) is 12.7. The Kier molecular flexibility index (Phi) is 6.31. The van der Waals surface area contributed by atoms with Crippen molar-refractivity contribution in [3.05, 3.63) is 36.4 Å². The smallest absolute Gasteiger partial charge is 0.279 e. The minimum Gasteiger partial charge on any atom is -0.495 e. The van der Waals surface area contributed by atoms with Crippen LogP contribution >= 0.6 is 0 Å². The van der Waals surface area contributed by atoms with Crippen LogP contribution in [0.5, 0.6) is 5.75 Å². The average Bonchev–Trinajstić information content (AvgIpc) is 3.02. The Morgan fingerprint density at radius 1 is 1.03 bits per heavy atom. The van der Waals surface area contributed by atoms with Crippen LogP contribution in [0.1, 0.15) is 27.7 Å². The molecule has 2 amide bonds. The molecule has 3 aromatic rings. The zero-order valence-electron chi connectivity index (χ0n) is 18.2. The maximum absolute atomic E-state index is 12.7. The summed E-state index contributed by atoms with van der Waals surface area (Å²) >= 11 is 0. The molecule has 1 heterocycles. The van der Waals surface area contributed by atoms with Crippen molar-refractivity contribution in [1.82, 2.24) is 5.32 Å². The lowest BCUT2D eigenvalue weighted by Gasteiger charge is -2.23. The van der Waals surface area contributed by atoms with Gasteiger partial charge in [-0.05, 0) is 39.8 Å². The minimum absolute atomic E-state index is 0.0755. The van der Waals surface area contributed by atoms with Gasteiger partial charge < -0.3 is 24.7 Å². The number of hydrogen-bond acceptors (Lipinski definition) is 4. The zero-order chi connectivity index (χ0) is 21.9.